The Morgan fingerprint density at radius 2 is 1.95 bits per heavy atom. The number of nitrogen functional groups attached to an aromatic ring is 1. The van der Waals surface area contributed by atoms with Gasteiger partial charge in [-0.1, -0.05) is 12.2 Å². The first-order valence-electron chi connectivity index (χ1n) is 6.45. The van der Waals surface area contributed by atoms with E-state index in [0.717, 1.165) is 16.0 Å². The van der Waals surface area contributed by atoms with Crippen LogP contribution in [0.4, 0.5) is 10.1 Å². The van der Waals surface area contributed by atoms with Gasteiger partial charge in [0.15, 0.2) is 0 Å². The van der Waals surface area contributed by atoms with E-state index in [1.165, 1.54) is 6.07 Å². The van der Waals surface area contributed by atoms with Gasteiger partial charge in [0.25, 0.3) is 0 Å². The first-order chi connectivity index (χ1) is 9.58. The van der Waals surface area contributed by atoms with Gasteiger partial charge in [0.05, 0.1) is 11.9 Å². The molecule has 0 aliphatic heterocycles. The molecule has 0 saturated carbocycles. The van der Waals surface area contributed by atoms with Crippen LogP contribution in [0, 0.1) is 12.7 Å². The van der Waals surface area contributed by atoms with Crippen molar-refractivity contribution in [3.05, 3.63) is 46.3 Å². The Hall–Kier alpha value is -2.20. The molecule has 3 nitrogen and oxygen atoms in total. The number of nitrogens with zero attached hydrogens (tertiary/aromatic N) is 1. The number of benzene rings is 1. The van der Waals surface area contributed by atoms with Gasteiger partial charge in [-0.05, 0) is 42.0 Å². The molecule has 0 fully saturated rings. The lowest BCUT2D eigenvalue weighted by Crippen LogP contribution is -2.26. The van der Waals surface area contributed by atoms with Crippen molar-refractivity contribution >= 4 is 17.8 Å². The van der Waals surface area contributed by atoms with Gasteiger partial charge < -0.3 is 11.5 Å². The van der Waals surface area contributed by atoms with Crippen molar-refractivity contribution in [1.29, 1.82) is 0 Å². The summed E-state index contributed by atoms with van der Waals surface area (Å²) in [6.07, 6.45) is 6.93. The summed E-state index contributed by atoms with van der Waals surface area (Å²) >= 11 is 0. The first-order valence-corrected chi connectivity index (χ1v) is 6.45. The van der Waals surface area contributed by atoms with E-state index in [1.807, 2.05) is 26.0 Å². The van der Waals surface area contributed by atoms with Crippen LogP contribution in [-0.2, 0) is 0 Å². The van der Waals surface area contributed by atoms with Crippen LogP contribution < -0.4 is 21.9 Å². The highest BCUT2D eigenvalue weighted by Crippen LogP contribution is 2.26. The van der Waals surface area contributed by atoms with Crippen molar-refractivity contribution in [2.75, 3.05) is 12.3 Å². The van der Waals surface area contributed by atoms with Gasteiger partial charge in [-0.15, -0.1) is 0 Å². The number of hydrogen-bond donors (Lipinski definition) is 2. The lowest BCUT2D eigenvalue weighted by atomic mass is 9.99. The standard InChI is InChI=1S/C16H18FN3/c1-3-11-7-15(17)13(6-12(11)4-5-18)14-8-20-9-16(19)10(14)2/h3-4,6-9H,5,18-19H2,1-2H3/b11-3-,12-4-. The van der Waals surface area contributed by atoms with E-state index >= 15 is 0 Å². The third-order valence-corrected chi connectivity index (χ3v) is 3.37. The SMILES string of the molecule is C/C=c1/cc(F)c(-c2cncc(N)c2C)c/c1=C/CN. The summed E-state index contributed by atoms with van der Waals surface area (Å²) in [5.41, 5.74) is 14.0. The Bertz CT molecular complexity index is 751. The molecule has 1 heterocycles. The number of pyridine rings is 1. The second kappa shape index (κ2) is 5.84. The van der Waals surface area contributed by atoms with Crippen molar-refractivity contribution in [2.45, 2.75) is 13.8 Å². The number of rotatable bonds is 2. The fraction of sp³-hybridized carbons (Fsp3) is 0.188. The molecular weight excluding hydrogens is 253 g/mol. The Balaban J connectivity index is 2.79. The third kappa shape index (κ3) is 2.56. The average Bonchev–Trinajstić information content (AvgIpc) is 2.44. The van der Waals surface area contributed by atoms with Crippen molar-refractivity contribution < 1.29 is 4.39 Å². The van der Waals surface area contributed by atoms with Crippen LogP contribution >= 0.6 is 0 Å². The molecule has 0 aliphatic rings. The minimum atomic E-state index is -0.289. The third-order valence-electron chi connectivity index (χ3n) is 3.37. The average molecular weight is 271 g/mol. The predicted octanol–water partition coefficient (Wildman–Crippen LogP) is 1.32. The van der Waals surface area contributed by atoms with E-state index < -0.39 is 0 Å². The Morgan fingerprint density at radius 3 is 2.60 bits per heavy atom. The molecule has 0 radical (unpaired) electrons. The minimum Gasteiger partial charge on any atom is -0.397 e. The van der Waals surface area contributed by atoms with Gasteiger partial charge >= 0.3 is 0 Å². The van der Waals surface area contributed by atoms with Crippen LogP contribution in [-0.4, -0.2) is 11.5 Å². The molecule has 0 saturated heterocycles. The van der Waals surface area contributed by atoms with Gasteiger partial charge in [0.2, 0.25) is 0 Å². The second-order valence-electron chi connectivity index (χ2n) is 4.59. The zero-order chi connectivity index (χ0) is 14.7. The Labute approximate surface area is 117 Å². The molecule has 1 aromatic heterocycles. The van der Waals surface area contributed by atoms with E-state index in [9.17, 15) is 4.39 Å². The zero-order valence-electron chi connectivity index (χ0n) is 11.7. The maximum absolute atomic E-state index is 14.3. The van der Waals surface area contributed by atoms with E-state index in [1.54, 1.807) is 18.5 Å². The van der Waals surface area contributed by atoms with Crippen LogP contribution in [0.1, 0.15) is 12.5 Å². The van der Waals surface area contributed by atoms with Crippen LogP contribution in [0.25, 0.3) is 23.3 Å². The van der Waals surface area contributed by atoms with Crippen LogP contribution in [0.5, 0.6) is 0 Å². The van der Waals surface area contributed by atoms with Gasteiger partial charge in [-0.3, -0.25) is 4.98 Å². The Morgan fingerprint density at radius 1 is 1.20 bits per heavy atom. The second-order valence-corrected chi connectivity index (χ2v) is 4.59. The monoisotopic (exact) mass is 271 g/mol. The van der Waals surface area contributed by atoms with Crippen molar-refractivity contribution in [3.63, 3.8) is 0 Å². The molecule has 0 bridgehead atoms. The van der Waals surface area contributed by atoms with Gasteiger partial charge in [-0.2, -0.15) is 0 Å². The fourth-order valence-corrected chi connectivity index (χ4v) is 2.18. The molecular formula is C16H18FN3. The molecule has 4 N–H and O–H groups in total. The molecule has 0 amide bonds. The van der Waals surface area contributed by atoms with Gasteiger partial charge in [-0.25, -0.2) is 4.39 Å². The highest BCUT2D eigenvalue weighted by molar-refractivity contribution is 5.72. The van der Waals surface area contributed by atoms with E-state index in [0.29, 0.717) is 23.4 Å². The van der Waals surface area contributed by atoms with Crippen LogP contribution in [0.15, 0.2) is 24.5 Å². The lowest BCUT2D eigenvalue weighted by molar-refractivity contribution is 0.629. The summed E-state index contributed by atoms with van der Waals surface area (Å²) < 4.78 is 14.3. The summed E-state index contributed by atoms with van der Waals surface area (Å²) in [5.74, 6) is -0.289. The number of hydrogen-bond acceptors (Lipinski definition) is 3. The highest BCUT2D eigenvalue weighted by Gasteiger charge is 2.10. The summed E-state index contributed by atoms with van der Waals surface area (Å²) in [7, 11) is 0. The highest BCUT2D eigenvalue weighted by atomic mass is 19.1. The van der Waals surface area contributed by atoms with Crippen molar-refractivity contribution in [3.8, 4) is 11.1 Å². The molecule has 20 heavy (non-hydrogen) atoms. The molecule has 104 valence electrons. The van der Waals surface area contributed by atoms with E-state index in [-0.39, 0.29) is 5.82 Å². The minimum absolute atomic E-state index is 0.289. The number of halogens is 1. The molecule has 2 rings (SSSR count). The van der Waals surface area contributed by atoms with Crippen LogP contribution in [0.2, 0.25) is 0 Å². The van der Waals surface area contributed by atoms with Crippen LogP contribution in [0.3, 0.4) is 0 Å². The maximum atomic E-state index is 14.3. The molecule has 4 heteroatoms. The summed E-state index contributed by atoms with van der Waals surface area (Å²) in [5, 5.41) is 1.74. The smallest absolute Gasteiger partial charge is 0.131 e. The number of anilines is 1. The summed E-state index contributed by atoms with van der Waals surface area (Å²) in [4.78, 5) is 4.05. The molecule has 0 aliphatic carbocycles. The lowest BCUT2D eigenvalue weighted by Gasteiger charge is -2.09. The fourth-order valence-electron chi connectivity index (χ4n) is 2.18. The van der Waals surface area contributed by atoms with E-state index in [2.05, 4.69) is 4.98 Å². The molecule has 0 unspecified atom stereocenters. The molecule has 0 spiro atoms. The topological polar surface area (TPSA) is 64.9 Å². The first kappa shape index (κ1) is 14.2. The predicted molar refractivity (Wildman–Crippen MR) is 81.7 cm³/mol. The van der Waals surface area contributed by atoms with Crippen molar-refractivity contribution in [1.82, 2.24) is 4.98 Å². The Kier molecular flexibility index (Phi) is 4.15. The summed E-state index contributed by atoms with van der Waals surface area (Å²) in [6, 6.07) is 3.31. The number of aromatic nitrogens is 1. The molecule has 0 atom stereocenters. The molecule has 1 aromatic carbocycles. The van der Waals surface area contributed by atoms with Gasteiger partial charge in [0, 0.05) is 23.9 Å². The quantitative estimate of drug-likeness (QED) is 0.865. The largest absolute Gasteiger partial charge is 0.397 e. The molecule has 2 aromatic rings. The zero-order valence-corrected chi connectivity index (χ0v) is 11.7. The van der Waals surface area contributed by atoms with Gasteiger partial charge in [0.1, 0.15) is 5.82 Å². The maximum Gasteiger partial charge on any atom is 0.131 e. The summed E-state index contributed by atoms with van der Waals surface area (Å²) in [6.45, 7) is 4.13. The number of nitrogens with two attached hydrogens (primary N) is 2. The normalized spacial score (nSPS) is 13.0. The van der Waals surface area contributed by atoms with E-state index in [4.69, 9.17) is 11.5 Å². The van der Waals surface area contributed by atoms with Crippen molar-refractivity contribution in [2.24, 2.45) is 5.73 Å².